The molecule has 1 saturated heterocycles. The number of halogens is 3. The minimum absolute atomic E-state index is 0.0490. The molecule has 118 valence electrons. The van der Waals surface area contributed by atoms with E-state index < -0.39 is 10.0 Å². The van der Waals surface area contributed by atoms with Crippen LogP contribution >= 0.6 is 39.1 Å². The second-order valence-electron chi connectivity index (χ2n) is 5.58. The molecule has 1 aromatic carbocycles. The van der Waals surface area contributed by atoms with Crippen LogP contribution in [0, 0.1) is 5.41 Å². The monoisotopic (exact) mass is 414 g/mol. The van der Waals surface area contributed by atoms with Gasteiger partial charge < -0.3 is 5.32 Å². The van der Waals surface area contributed by atoms with Gasteiger partial charge in [0.25, 0.3) is 0 Å². The van der Waals surface area contributed by atoms with E-state index in [9.17, 15) is 8.42 Å². The zero-order valence-corrected chi connectivity index (χ0v) is 15.5. The molecule has 4 nitrogen and oxygen atoms in total. The van der Waals surface area contributed by atoms with Crippen molar-refractivity contribution in [3.8, 4) is 0 Å². The lowest BCUT2D eigenvalue weighted by atomic mass is 9.81. The maximum atomic E-state index is 12.5. The highest BCUT2D eigenvalue weighted by Gasteiger charge is 2.30. The summed E-state index contributed by atoms with van der Waals surface area (Å²) >= 11 is 15.3. The highest BCUT2D eigenvalue weighted by atomic mass is 79.9. The highest BCUT2D eigenvalue weighted by molar-refractivity contribution is 9.10. The van der Waals surface area contributed by atoms with Crippen LogP contribution in [0.25, 0.3) is 0 Å². The van der Waals surface area contributed by atoms with Crippen LogP contribution in [0.5, 0.6) is 0 Å². The van der Waals surface area contributed by atoms with Gasteiger partial charge in [0.2, 0.25) is 10.0 Å². The summed E-state index contributed by atoms with van der Waals surface area (Å²) in [4.78, 5) is -0.0634. The molecule has 2 rings (SSSR count). The van der Waals surface area contributed by atoms with Crippen molar-refractivity contribution in [2.75, 3.05) is 19.6 Å². The molecule has 0 amide bonds. The molecule has 1 heterocycles. The largest absolute Gasteiger partial charge is 0.317 e. The first-order chi connectivity index (χ1) is 9.73. The van der Waals surface area contributed by atoms with Gasteiger partial charge >= 0.3 is 0 Å². The van der Waals surface area contributed by atoms with Crippen molar-refractivity contribution in [2.45, 2.75) is 24.7 Å². The average Bonchev–Trinajstić information content (AvgIpc) is 2.36. The van der Waals surface area contributed by atoms with Crippen LogP contribution in [0.4, 0.5) is 0 Å². The Morgan fingerprint density at radius 1 is 1.29 bits per heavy atom. The van der Waals surface area contributed by atoms with Gasteiger partial charge in [0.05, 0.1) is 10.0 Å². The summed E-state index contributed by atoms with van der Waals surface area (Å²) < 4.78 is 28.2. The van der Waals surface area contributed by atoms with Crippen LogP contribution in [0.1, 0.15) is 19.8 Å². The Hall–Kier alpha value is 0.150. The molecule has 2 N–H and O–H groups in total. The van der Waals surface area contributed by atoms with Gasteiger partial charge in [0, 0.05) is 11.0 Å². The quantitative estimate of drug-likeness (QED) is 0.791. The third kappa shape index (κ3) is 4.33. The van der Waals surface area contributed by atoms with Gasteiger partial charge in [-0.15, -0.1) is 0 Å². The lowest BCUT2D eigenvalue weighted by Gasteiger charge is -2.34. The third-order valence-corrected chi connectivity index (χ3v) is 6.51. The van der Waals surface area contributed by atoms with E-state index in [2.05, 4.69) is 32.9 Å². The summed E-state index contributed by atoms with van der Waals surface area (Å²) in [6.45, 7) is 4.26. The Labute approximate surface area is 143 Å². The SMILES string of the molecule is CC1(CNS(=O)(=O)c2c(Cl)cc(Br)cc2Cl)CCNCC1. The predicted molar refractivity (Wildman–Crippen MR) is 89.6 cm³/mol. The first kappa shape index (κ1) is 17.5. The molecule has 0 aliphatic carbocycles. The molecule has 0 spiro atoms. The minimum Gasteiger partial charge on any atom is -0.317 e. The molecule has 8 heteroatoms. The summed E-state index contributed by atoms with van der Waals surface area (Å²) in [6, 6.07) is 3.04. The van der Waals surface area contributed by atoms with Crippen molar-refractivity contribution < 1.29 is 8.42 Å². The number of nitrogens with one attached hydrogen (secondary N) is 2. The lowest BCUT2D eigenvalue weighted by Crippen LogP contribution is -2.42. The van der Waals surface area contributed by atoms with Gasteiger partial charge in [-0.05, 0) is 43.5 Å². The molecule has 1 aliphatic rings. The Bertz CT molecular complexity index is 608. The number of hydrogen-bond acceptors (Lipinski definition) is 3. The van der Waals surface area contributed by atoms with Crippen molar-refractivity contribution in [2.24, 2.45) is 5.41 Å². The fourth-order valence-electron chi connectivity index (χ4n) is 2.33. The van der Waals surface area contributed by atoms with Gasteiger partial charge in [0.15, 0.2) is 0 Å². The van der Waals surface area contributed by atoms with E-state index in [1.807, 2.05) is 0 Å². The molecule has 0 aromatic heterocycles. The van der Waals surface area contributed by atoms with Crippen molar-refractivity contribution >= 4 is 49.2 Å². The zero-order valence-electron chi connectivity index (χ0n) is 11.5. The fourth-order valence-corrected chi connectivity index (χ4v) is 5.47. The van der Waals surface area contributed by atoms with E-state index in [0.29, 0.717) is 11.0 Å². The van der Waals surface area contributed by atoms with Gasteiger partial charge in [-0.1, -0.05) is 46.1 Å². The normalized spacial score (nSPS) is 18.7. The van der Waals surface area contributed by atoms with Gasteiger partial charge in [-0.25, -0.2) is 13.1 Å². The number of hydrogen-bond donors (Lipinski definition) is 2. The van der Waals surface area contributed by atoms with E-state index in [1.54, 1.807) is 0 Å². The molecule has 0 atom stereocenters. The van der Waals surface area contributed by atoms with Gasteiger partial charge in [0.1, 0.15) is 4.90 Å². The first-order valence-electron chi connectivity index (χ1n) is 6.58. The summed E-state index contributed by atoms with van der Waals surface area (Å²) in [7, 11) is -3.73. The van der Waals surface area contributed by atoms with E-state index >= 15 is 0 Å². The Morgan fingerprint density at radius 3 is 2.33 bits per heavy atom. The number of benzene rings is 1. The van der Waals surface area contributed by atoms with E-state index in [1.165, 1.54) is 12.1 Å². The Kier molecular flexibility index (Phi) is 5.60. The summed E-state index contributed by atoms with van der Waals surface area (Å²) in [5, 5.41) is 3.49. The van der Waals surface area contributed by atoms with Crippen LogP contribution < -0.4 is 10.0 Å². The maximum absolute atomic E-state index is 12.5. The zero-order chi connectivity index (χ0) is 15.7. The molecule has 21 heavy (non-hydrogen) atoms. The first-order valence-corrected chi connectivity index (χ1v) is 9.62. The van der Waals surface area contributed by atoms with Crippen molar-refractivity contribution in [3.05, 3.63) is 26.7 Å². The number of piperidine rings is 1. The molecular formula is C13H17BrCl2N2O2S. The standard InChI is InChI=1S/C13H17BrCl2N2O2S/c1-13(2-4-17-5-3-13)8-18-21(19,20)12-10(15)6-9(14)7-11(12)16/h6-7,17-18H,2-5,8H2,1H3. The van der Waals surface area contributed by atoms with Crippen molar-refractivity contribution in [3.63, 3.8) is 0 Å². The molecular weight excluding hydrogens is 399 g/mol. The van der Waals surface area contributed by atoms with E-state index in [4.69, 9.17) is 23.2 Å². The van der Waals surface area contributed by atoms with Gasteiger partial charge in [-0.2, -0.15) is 0 Å². The number of rotatable bonds is 4. The summed E-state index contributed by atoms with van der Waals surface area (Å²) in [6.07, 6.45) is 1.86. The van der Waals surface area contributed by atoms with Crippen LogP contribution in [0.3, 0.4) is 0 Å². The second-order valence-corrected chi connectivity index (χ2v) is 9.02. The lowest BCUT2D eigenvalue weighted by molar-refractivity contribution is 0.232. The fraction of sp³-hybridized carbons (Fsp3) is 0.538. The topological polar surface area (TPSA) is 58.2 Å². The van der Waals surface area contributed by atoms with E-state index in [0.717, 1.165) is 25.9 Å². The van der Waals surface area contributed by atoms with Crippen LogP contribution in [0.2, 0.25) is 10.0 Å². The highest BCUT2D eigenvalue weighted by Crippen LogP contribution is 2.33. The molecule has 0 radical (unpaired) electrons. The van der Waals surface area contributed by atoms with Gasteiger partial charge in [-0.3, -0.25) is 0 Å². The van der Waals surface area contributed by atoms with Crippen LogP contribution in [-0.4, -0.2) is 28.1 Å². The summed E-state index contributed by atoms with van der Waals surface area (Å²) in [5.74, 6) is 0. The predicted octanol–water partition coefficient (Wildman–Crippen LogP) is 3.42. The smallest absolute Gasteiger partial charge is 0.243 e. The molecule has 1 aromatic rings. The molecule has 0 unspecified atom stereocenters. The Balaban J connectivity index is 2.19. The van der Waals surface area contributed by atoms with Crippen molar-refractivity contribution in [1.29, 1.82) is 0 Å². The third-order valence-electron chi connectivity index (χ3n) is 3.73. The average molecular weight is 416 g/mol. The molecule has 1 fully saturated rings. The maximum Gasteiger partial charge on any atom is 0.243 e. The molecule has 1 aliphatic heterocycles. The number of sulfonamides is 1. The van der Waals surface area contributed by atoms with E-state index in [-0.39, 0.29) is 20.4 Å². The Morgan fingerprint density at radius 2 is 1.81 bits per heavy atom. The molecule has 0 bridgehead atoms. The van der Waals surface area contributed by atoms with Crippen LogP contribution in [-0.2, 0) is 10.0 Å². The van der Waals surface area contributed by atoms with Crippen LogP contribution in [0.15, 0.2) is 21.5 Å². The van der Waals surface area contributed by atoms with Crippen molar-refractivity contribution in [1.82, 2.24) is 10.0 Å². The summed E-state index contributed by atoms with van der Waals surface area (Å²) in [5.41, 5.74) is -0.0490. The second kappa shape index (κ2) is 6.72. The molecule has 0 saturated carbocycles. The minimum atomic E-state index is -3.73.